The Morgan fingerprint density at radius 1 is 1.43 bits per heavy atom. The smallest absolute Gasteiger partial charge is 0.243 e. The van der Waals surface area contributed by atoms with Gasteiger partial charge in [-0.25, -0.2) is 12.8 Å². The van der Waals surface area contributed by atoms with E-state index in [-0.39, 0.29) is 22.7 Å². The van der Waals surface area contributed by atoms with Crippen LogP contribution in [-0.2, 0) is 14.8 Å². The van der Waals surface area contributed by atoms with Crippen molar-refractivity contribution in [1.29, 1.82) is 0 Å². The zero-order valence-corrected chi connectivity index (χ0v) is 12.9. The maximum Gasteiger partial charge on any atom is 0.243 e. The molecule has 0 fully saturated rings. The van der Waals surface area contributed by atoms with E-state index in [1.165, 1.54) is 23.4 Å². The molecule has 1 aromatic rings. The van der Waals surface area contributed by atoms with Crippen molar-refractivity contribution >= 4 is 15.7 Å². The molecule has 0 aromatic heterocycles. The van der Waals surface area contributed by atoms with E-state index in [1.807, 2.05) is 6.08 Å². The van der Waals surface area contributed by atoms with Crippen molar-refractivity contribution in [2.75, 3.05) is 32.5 Å². The number of benzene rings is 1. The molecule has 0 aliphatic carbocycles. The fourth-order valence-corrected chi connectivity index (χ4v) is 3.79. The minimum atomic E-state index is -3.66. The van der Waals surface area contributed by atoms with E-state index in [0.717, 1.165) is 5.57 Å². The number of halogens is 1. The van der Waals surface area contributed by atoms with Gasteiger partial charge in [-0.15, -0.1) is 0 Å². The van der Waals surface area contributed by atoms with Gasteiger partial charge in [0.25, 0.3) is 0 Å². The second kappa shape index (κ2) is 6.13. The molecular formula is C14H19FN2O3S. The standard InChI is InChI=1S/C14H19FN2O3S/c1-10-7-12(8-13(16)14(10)15)21(18,19)17-5-3-11(4-6-17)9-20-2/h3,7-8H,4-6,9,16H2,1-2H3. The van der Waals surface area contributed by atoms with Crippen molar-refractivity contribution < 1.29 is 17.5 Å². The molecular weight excluding hydrogens is 295 g/mol. The summed E-state index contributed by atoms with van der Waals surface area (Å²) in [5.74, 6) is -0.574. The summed E-state index contributed by atoms with van der Waals surface area (Å²) in [7, 11) is -2.06. The molecule has 21 heavy (non-hydrogen) atoms. The summed E-state index contributed by atoms with van der Waals surface area (Å²) in [6.45, 7) is 2.68. The minimum Gasteiger partial charge on any atom is -0.396 e. The molecule has 0 saturated heterocycles. The van der Waals surface area contributed by atoms with E-state index in [2.05, 4.69) is 0 Å². The van der Waals surface area contributed by atoms with E-state index in [1.54, 1.807) is 7.11 Å². The predicted molar refractivity (Wildman–Crippen MR) is 78.9 cm³/mol. The number of hydrogen-bond donors (Lipinski definition) is 1. The fraction of sp³-hybridized carbons (Fsp3) is 0.429. The Labute approximate surface area is 124 Å². The first-order chi connectivity index (χ1) is 9.86. The molecule has 0 amide bonds. The first-order valence-electron chi connectivity index (χ1n) is 6.59. The quantitative estimate of drug-likeness (QED) is 0.678. The minimum absolute atomic E-state index is 0.0301. The van der Waals surface area contributed by atoms with E-state index < -0.39 is 15.8 Å². The van der Waals surface area contributed by atoms with Gasteiger partial charge in [0.05, 0.1) is 17.2 Å². The van der Waals surface area contributed by atoms with Gasteiger partial charge >= 0.3 is 0 Å². The second-order valence-corrected chi connectivity index (χ2v) is 6.99. The molecule has 2 rings (SSSR count). The third kappa shape index (κ3) is 3.25. The number of methoxy groups -OCH3 is 1. The topological polar surface area (TPSA) is 72.6 Å². The van der Waals surface area contributed by atoms with Crippen LogP contribution in [0.15, 0.2) is 28.7 Å². The fourth-order valence-electron chi connectivity index (χ4n) is 2.29. The number of ether oxygens (including phenoxy) is 1. The number of hydrogen-bond acceptors (Lipinski definition) is 4. The van der Waals surface area contributed by atoms with E-state index in [4.69, 9.17) is 10.5 Å². The Morgan fingerprint density at radius 2 is 2.14 bits per heavy atom. The number of nitrogens with zero attached hydrogens (tertiary/aromatic N) is 1. The number of rotatable bonds is 4. The molecule has 5 nitrogen and oxygen atoms in total. The second-order valence-electron chi connectivity index (χ2n) is 5.05. The van der Waals surface area contributed by atoms with Crippen molar-refractivity contribution in [1.82, 2.24) is 4.31 Å². The molecule has 0 radical (unpaired) electrons. The van der Waals surface area contributed by atoms with Crippen LogP contribution in [0.1, 0.15) is 12.0 Å². The number of sulfonamides is 1. The van der Waals surface area contributed by atoms with Crippen LogP contribution in [0.4, 0.5) is 10.1 Å². The Bertz CT molecular complexity index is 648. The van der Waals surface area contributed by atoms with Gasteiger partial charge < -0.3 is 10.5 Å². The summed E-state index contributed by atoms with van der Waals surface area (Å²) in [5.41, 5.74) is 6.68. The summed E-state index contributed by atoms with van der Waals surface area (Å²) in [5, 5.41) is 0. The highest BCUT2D eigenvalue weighted by atomic mass is 32.2. The van der Waals surface area contributed by atoms with Crippen LogP contribution in [0.25, 0.3) is 0 Å². The summed E-state index contributed by atoms with van der Waals surface area (Å²) < 4.78 is 45.0. The number of nitrogen functional groups attached to an aromatic ring is 1. The summed E-state index contributed by atoms with van der Waals surface area (Å²) >= 11 is 0. The highest BCUT2D eigenvalue weighted by molar-refractivity contribution is 7.89. The van der Waals surface area contributed by atoms with Gasteiger partial charge in [-0.05, 0) is 36.6 Å². The van der Waals surface area contributed by atoms with E-state index in [0.29, 0.717) is 19.6 Å². The summed E-state index contributed by atoms with van der Waals surface area (Å²) in [6, 6.07) is 2.49. The monoisotopic (exact) mass is 314 g/mol. The highest BCUT2D eigenvalue weighted by Crippen LogP contribution is 2.25. The van der Waals surface area contributed by atoms with E-state index >= 15 is 0 Å². The molecule has 7 heteroatoms. The highest BCUT2D eigenvalue weighted by Gasteiger charge is 2.27. The lowest BCUT2D eigenvalue weighted by atomic mass is 10.1. The zero-order chi connectivity index (χ0) is 15.6. The van der Waals surface area contributed by atoms with Crippen LogP contribution < -0.4 is 5.73 Å². The van der Waals surface area contributed by atoms with Gasteiger partial charge in [-0.2, -0.15) is 4.31 Å². The SMILES string of the molecule is COCC1=CCN(S(=O)(=O)c2cc(C)c(F)c(N)c2)CC1. The van der Waals surface area contributed by atoms with Crippen LogP contribution in [0.3, 0.4) is 0 Å². The van der Waals surface area contributed by atoms with Crippen molar-refractivity contribution in [3.8, 4) is 0 Å². The van der Waals surface area contributed by atoms with Crippen molar-refractivity contribution in [2.45, 2.75) is 18.2 Å². The lowest BCUT2D eigenvalue weighted by molar-refractivity contribution is 0.219. The van der Waals surface area contributed by atoms with E-state index in [9.17, 15) is 12.8 Å². The average Bonchev–Trinajstić information content (AvgIpc) is 2.45. The molecule has 1 heterocycles. The first kappa shape index (κ1) is 15.9. The zero-order valence-electron chi connectivity index (χ0n) is 12.1. The average molecular weight is 314 g/mol. The Kier molecular flexibility index (Phi) is 4.65. The van der Waals surface area contributed by atoms with Crippen molar-refractivity contribution in [3.05, 3.63) is 35.2 Å². The number of nitrogens with two attached hydrogens (primary N) is 1. The molecule has 0 atom stereocenters. The Balaban J connectivity index is 2.28. The summed E-state index contributed by atoms with van der Waals surface area (Å²) in [4.78, 5) is 0.0301. The van der Waals surface area contributed by atoms with Crippen molar-refractivity contribution in [2.24, 2.45) is 0 Å². The lowest BCUT2D eigenvalue weighted by Gasteiger charge is -2.26. The molecule has 0 spiro atoms. The largest absolute Gasteiger partial charge is 0.396 e. The maximum absolute atomic E-state index is 13.5. The van der Waals surface area contributed by atoms with Crippen LogP contribution in [-0.4, -0.2) is 39.5 Å². The number of anilines is 1. The van der Waals surface area contributed by atoms with Gasteiger partial charge in [0.2, 0.25) is 10.0 Å². The molecule has 116 valence electrons. The maximum atomic E-state index is 13.5. The van der Waals surface area contributed by atoms with Gasteiger partial charge in [0.15, 0.2) is 0 Å². The molecule has 0 unspecified atom stereocenters. The molecule has 2 N–H and O–H groups in total. The normalized spacial score (nSPS) is 16.8. The van der Waals surface area contributed by atoms with Crippen LogP contribution in [0, 0.1) is 12.7 Å². The molecule has 1 aliphatic heterocycles. The third-order valence-corrected chi connectivity index (χ3v) is 5.33. The Hall–Kier alpha value is -1.44. The lowest BCUT2D eigenvalue weighted by Crippen LogP contribution is -2.35. The molecule has 0 saturated carbocycles. The van der Waals surface area contributed by atoms with Crippen LogP contribution >= 0.6 is 0 Å². The van der Waals surface area contributed by atoms with Gasteiger partial charge in [0, 0.05) is 20.2 Å². The van der Waals surface area contributed by atoms with Crippen molar-refractivity contribution in [3.63, 3.8) is 0 Å². The molecule has 0 bridgehead atoms. The summed E-state index contributed by atoms with van der Waals surface area (Å²) in [6.07, 6.45) is 2.48. The van der Waals surface area contributed by atoms with Gasteiger partial charge in [-0.3, -0.25) is 0 Å². The number of aryl methyl sites for hydroxylation is 1. The van der Waals surface area contributed by atoms with Crippen LogP contribution in [0.2, 0.25) is 0 Å². The third-order valence-electron chi connectivity index (χ3n) is 3.49. The van der Waals surface area contributed by atoms with Gasteiger partial charge in [-0.1, -0.05) is 6.08 Å². The predicted octanol–water partition coefficient (Wildman–Crippen LogP) is 1.68. The van der Waals surface area contributed by atoms with Crippen LogP contribution in [0.5, 0.6) is 0 Å². The molecule has 1 aliphatic rings. The Morgan fingerprint density at radius 3 is 2.67 bits per heavy atom. The first-order valence-corrected chi connectivity index (χ1v) is 8.03. The van der Waals surface area contributed by atoms with Gasteiger partial charge in [0.1, 0.15) is 5.82 Å². The molecule has 1 aromatic carbocycles.